The third-order valence-electron chi connectivity index (χ3n) is 21.8. The molecule has 5 aromatic carbocycles. The zero-order valence-corrected chi connectivity index (χ0v) is 72.2. The third-order valence-corrected chi connectivity index (χ3v) is 21.8. The van der Waals surface area contributed by atoms with E-state index in [4.69, 9.17) is 4.74 Å². The van der Waals surface area contributed by atoms with Gasteiger partial charge in [-0.3, -0.25) is 29.0 Å². The van der Waals surface area contributed by atoms with Gasteiger partial charge in [0.15, 0.2) is 11.6 Å². The topological polar surface area (TPSA) is 348 Å². The summed E-state index contributed by atoms with van der Waals surface area (Å²) in [6.45, 7) is 21.1. The molecule has 1 atom stereocenters. The van der Waals surface area contributed by atoms with E-state index in [9.17, 15) is 75.0 Å². The lowest BCUT2D eigenvalue weighted by Crippen LogP contribution is -2.52. The van der Waals surface area contributed by atoms with E-state index >= 15 is 0 Å². The predicted octanol–water partition coefficient (Wildman–Crippen LogP) is 20.7. The number of likely N-dealkylation sites (N-methyl/N-ethyl adjacent to an activating group) is 1. The zero-order valence-electron chi connectivity index (χ0n) is 72.2. The Labute approximate surface area is 702 Å². The van der Waals surface area contributed by atoms with Gasteiger partial charge in [-0.1, -0.05) is 209 Å². The molecule has 2 fully saturated rings. The molecule has 2 aromatic heterocycles. The van der Waals surface area contributed by atoms with Crippen LogP contribution >= 0.6 is 0 Å². The molecule has 22 nitrogen and oxygen atoms in total. The average molecular weight is 1630 g/mol. The van der Waals surface area contributed by atoms with Crippen molar-refractivity contribution >= 4 is 29.2 Å². The van der Waals surface area contributed by atoms with Crippen LogP contribution in [-0.4, -0.2) is 169 Å². The van der Waals surface area contributed by atoms with Gasteiger partial charge in [0.25, 0.3) is 11.8 Å². The van der Waals surface area contributed by atoms with Crippen molar-refractivity contribution in [2.45, 2.75) is 286 Å². The van der Waals surface area contributed by atoms with E-state index < -0.39 is 0 Å². The lowest BCUT2D eigenvalue weighted by Gasteiger charge is -2.38. The van der Waals surface area contributed by atoms with Crippen LogP contribution in [0.5, 0.6) is 57.5 Å². The van der Waals surface area contributed by atoms with Crippen LogP contribution in [0.3, 0.4) is 0 Å². The van der Waals surface area contributed by atoms with Crippen molar-refractivity contribution in [1.82, 2.24) is 29.7 Å². The van der Waals surface area contributed by atoms with Gasteiger partial charge in [-0.05, 0) is 151 Å². The van der Waals surface area contributed by atoms with Gasteiger partial charge in [-0.2, -0.15) is 0 Å². The Morgan fingerprint density at radius 1 is 0.390 bits per heavy atom. The fraction of sp³-hybridized carbons (Fsp3) is 0.552. The molecule has 0 aliphatic carbocycles. The van der Waals surface area contributed by atoms with E-state index in [0.717, 1.165) is 77.3 Å². The third kappa shape index (κ3) is 34.0. The number of nitrogens with one attached hydrogen (secondary N) is 1. The molecular formula is C96H140N6O16. The maximum absolute atomic E-state index is 12.8. The summed E-state index contributed by atoms with van der Waals surface area (Å²) >= 11 is 0. The molecule has 1 unspecified atom stereocenters. The molecule has 7 aromatic rings. The van der Waals surface area contributed by atoms with Crippen molar-refractivity contribution in [3.8, 4) is 57.5 Å². The number of nitrogens with zero attached hydrogens (tertiary/aromatic N) is 5. The summed E-state index contributed by atoms with van der Waals surface area (Å²) in [5, 5.41) is 102. The van der Waals surface area contributed by atoms with Crippen LogP contribution in [0.1, 0.15) is 339 Å². The number of rotatable bonds is 43. The van der Waals surface area contributed by atoms with Crippen molar-refractivity contribution in [2.75, 3.05) is 53.0 Å². The summed E-state index contributed by atoms with van der Waals surface area (Å²) in [7, 11) is 2.05. The largest absolute Gasteiger partial charge is 0.508 e. The number of ether oxygens (including phenoxy) is 1. The van der Waals surface area contributed by atoms with Crippen molar-refractivity contribution in [3.63, 3.8) is 0 Å². The van der Waals surface area contributed by atoms with Crippen LogP contribution in [-0.2, 0) is 36.8 Å². The maximum atomic E-state index is 12.8. The summed E-state index contributed by atoms with van der Waals surface area (Å²) in [6, 6.07) is 18.0. The number of amides is 2. The summed E-state index contributed by atoms with van der Waals surface area (Å²) < 4.78 is 5.24. The highest BCUT2D eigenvalue weighted by Gasteiger charge is 2.29. The molecule has 650 valence electrons. The van der Waals surface area contributed by atoms with Gasteiger partial charge in [0, 0.05) is 118 Å². The molecule has 4 heterocycles. The molecule has 0 saturated carbocycles. The monoisotopic (exact) mass is 1630 g/mol. The number of hydrogen-bond donors (Lipinski definition) is 11. The number of benzene rings is 5. The SMILES string of the molecule is CCCCCCCCc1c(O)cc(C(=O)C(C)C)cc1O.CCCCCCCCc1c(O)cc(C(=O)N2CCN(C)CC2C)cc1O.CCCCCCCCc1c(O)cc(C(=O)N2CCOCC2)cc1O.CCCCCCCCc1c(O)cc(C(=O)c2ccncc2)cc1O.CCCCCCCCc1c(O)cc(C(=O)c2cnc[nH]2)cc1O. The average Bonchev–Trinajstić information content (AvgIpc) is 1.02. The molecule has 22 heteroatoms. The van der Waals surface area contributed by atoms with E-state index in [0.29, 0.717) is 121 Å². The number of morpholine rings is 1. The minimum atomic E-state index is -0.306. The van der Waals surface area contributed by atoms with E-state index in [-0.39, 0.29) is 110 Å². The van der Waals surface area contributed by atoms with Gasteiger partial charge < -0.3 is 75.5 Å². The van der Waals surface area contributed by atoms with Gasteiger partial charge in [0.2, 0.25) is 5.78 Å². The molecular weight excluding hydrogens is 1490 g/mol. The Bertz CT molecular complexity index is 4010. The first kappa shape index (κ1) is 98.9. The molecule has 118 heavy (non-hydrogen) atoms. The van der Waals surface area contributed by atoms with E-state index in [1.807, 2.05) is 18.9 Å². The van der Waals surface area contributed by atoms with Gasteiger partial charge in [-0.15, -0.1) is 0 Å². The van der Waals surface area contributed by atoms with Gasteiger partial charge in [0.05, 0.1) is 25.7 Å². The van der Waals surface area contributed by atoms with E-state index in [1.54, 1.807) is 43.3 Å². The Morgan fingerprint density at radius 2 is 0.695 bits per heavy atom. The summed E-state index contributed by atoms with van der Waals surface area (Å²) in [4.78, 5) is 77.8. The first-order valence-electron chi connectivity index (χ1n) is 43.9. The van der Waals surface area contributed by atoms with Crippen LogP contribution in [0.4, 0.5) is 0 Å². The van der Waals surface area contributed by atoms with Gasteiger partial charge >= 0.3 is 0 Å². The van der Waals surface area contributed by atoms with Gasteiger partial charge in [-0.25, -0.2) is 4.98 Å². The van der Waals surface area contributed by atoms with Crippen molar-refractivity contribution < 1.29 is 79.8 Å². The number of piperazine rings is 1. The number of phenolic OH excluding ortho intramolecular Hbond substituents is 10. The highest BCUT2D eigenvalue weighted by molar-refractivity contribution is 6.09. The molecule has 2 amide bonds. The zero-order chi connectivity index (χ0) is 86.3. The van der Waals surface area contributed by atoms with Crippen LogP contribution in [0, 0.1) is 5.92 Å². The first-order chi connectivity index (χ1) is 56.8. The highest BCUT2D eigenvalue weighted by Crippen LogP contribution is 2.37. The van der Waals surface area contributed by atoms with Crippen LogP contribution < -0.4 is 0 Å². The molecule has 9 rings (SSSR count). The van der Waals surface area contributed by atoms with Crippen LogP contribution in [0.15, 0.2) is 97.7 Å². The smallest absolute Gasteiger partial charge is 0.254 e. The molecule has 0 radical (unpaired) electrons. The number of aromatic hydroxyl groups is 10. The second-order valence-electron chi connectivity index (χ2n) is 31.9. The van der Waals surface area contributed by atoms with Crippen molar-refractivity contribution in [3.05, 3.63) is 165 Å². The minimum Gasteiger partial charge on any atom is -0.508 e. The Kier molecular flexibility index (Phi) is 46.2. The first-order valence-corrected chi connectivity index (χ1v) is 43.9. The number of unbranched alkanes of at least 4 members (excludes halogenated alkanes) is 25. The van der Waals surface area contributed by atoms with E-state index in [1.165, 1.54) is 202 Å². The number of H-pyrrole nitrogens is 1. The molecule has 0 bridgehead atoms. The number of Topliss-reactive ketones (excluding diaryl/α,β-unsaturated/α-hetero) is 1. The fourth-order valence-electron chi connectivity index (χ4n) is 14.6. The van der Waals surface area contributed by atoms with Crippen LogP contribution in [0.2, 0.25) is 0 Å². The number of ketones is 3. The number of hydrogen-bond acceptors (Lipinski definition) is 19. The standard InChI is InChI=1S/C21H34N2O3.C20H25NO3.C19H29NO4.C18H24N2O3.C18H28O3/c1-4-5-6-7-8-9-10-18-19(24)13-17(14-20(18)25)21(26)23-12-11-22(3)15-16(23)2;1-2-3-4-5-6-7-8-17-18(22)13-16(14-19(17)23)20(24)15-9-11-21-12-10-15;1-2-3-4-5-6-7-8-16-17(21)13-15(14-18(16)22)19(23)20-9-11-24-12-10-20;1-2-3-4-5-6-7-8-14-16(21)9-13(10-17(14)22)18(23)15-11-19-12-20-15;1-4-5-6-7-8-9-10-15-16(19)11-14(12-17(15)20)18(21)13(2)3/h13-14,16,24-25H,4-12,15H2,1-3H3;9-14,22-23H,2-8H2,1H3;13-14,21-22H,2-12H2,1H3;9-12,21-22H,2-8H2,1H3,(H,19,20);11-13,19-20H,4-10H2,1-3H3. The Hall–Kier alpha value is -9.67. The van der Waals surface area contributed by atoms with Gasteiger partial charge in [0.1, 0.15) is 63.2 Å². The minimum absolute atomic E-state index is 0.0130. The lowest BCUT2D eigenvalue weighted by molar-refractivity contribution is 0.0302. The van der Waals surface area contributed by atoms with Crippen molar-refractivity contribution in [1.29, 1.82) is 0 Å². The molecule has 0 spiro atoms. The molecule has 2 aliphatic rings. The maximum Gasteiger partial charge on any atom is 0.254 e. The number of aromatic nitrogens is 3. The predicted molar refractivity (Wildman–Crippen MR) is 468 cm³/mol. The Balaban J connectivity index is 0.000000263. The molecule has 11 N–H and O–H groups in total. The Morgan fingerprint density at radius 3 is 1.01 bits per heavy atom. The molecule has 2 aliphatic heterocycles. The lowest BCUT2D eigenvalue weighted by atomic mass is 9.96. The highest BCUT2D eigenvalue weighted by atomic mass is 16.5. The number of pyridine rings is 1. The van der Waals surface area contributed by atoms with Crippen molar-refractivity contribution in [2.24, 2.45) is 5.92 Å². The second kappa shape index (κ2) is 55.2. The van der Waals surface area contributed by atoms with E-state index in [2.05, 4.69) is 54.5 Å². The number of imidazole rings is 1. The van der Waals surface area contributed by atoms with Crippen LogP contribution in [0.25, 0.3) is 0 Å². The number of carbonyl (C=O) groups is 5. The summed E-state index contributed by atoms with van der Waals surface area (Å²) in [5.41, 5.74) is 5.11. The summed E-state index contributed by atoms with van der Waals surface area (Å²) in [5.74, 6) is -0.969. The second-order valence-corrected chi connectivity index (χ2v) is 31.9. The normalized spacial score (nSPS) is 13.3. The molecule has 2 saturated heterocycles. The number of aromatic amines is 1. The summed E-state index contributed by atoms with van der Waals surface area (Å²) in [6.07, 6.45) is 43.7. The fourth-order valence-corrected chi connectivity index (χ4v) is 14.6. The number of phenols is 10. The quantitative estimate of drug-likeness (QED) is 0.0125. The number of carbonyl (C=O) groups excluding carboxylic acids is 5.